The molecule has 0 fully saturated rings. The molecule has 0 aliphatic rings. The van der Waals surface area contributed by atoms with Crippen LogP contribution in [0, 0.1) is 23.2 Å². The minimum absolute atomic E-state index is 0.552. The number of hydrogen-bond acceptors (Lipinski definition) is 0. The maximum Gasteiger partial charge on any atom is -0.0354 e. The highest BCUT2D eigenvalue weighted by molar-refractivity contribution is 4.74. The Balaban J connectivity index is 4.31. The van der Waals surface area contributed by atoms with Crippen LogP contribution in [0.25, 0.3) is 0 Å². The molecule has 2 atom stereocenters. The molecule has 0 aromatic rings. The highest BCUT2D eigenvalue weighted by atomic mass is 14.3. The second-order valence-electron chi connectivity index (χ2n) is 7.61. The molecular formula is C18H38. The van der Waals surface area contributed by atoms with Crippen molar-refractivity contribution in [3.63, 3.8) is 0 Å². The molecule has 0 heteroatoms. The Labute approximate surface area is 117 Å². The molecule has 0 N–H and O–H groups in total. The van der Waals surface area contributed by atoms with Crippen LogP contribution < -0.4 is 0 Å². The molecule has 0 rings (SSSR count). The fraction of sp³-hybridized carbons (Fsp3) is 1.00. The van der Waals surface area contributed by atoms with Crippen molar-refractivity contribution in [2.24, 2.45) is 23.2 Å². The van der Waals surface area contributed by atoms with Crippen LogP contribution in [0.15, 0.2) is 0 Å². The molecule has 0 spiro atoms. The summed E-state index contributed by atoms with van der Waals surface area (Å²) in [5, 5.41) is 0. The predicted octanol–water partition coefficient (Wildman–Crippen LogP) is 6.69. The Hall–Kier alpha value is 0. The first kappa shape index (κ1) is 18.0. The van der Waals surface area contributed by atoms with Gasteiger partial charge < -0.3 is 0 Å². The molecule has 0 aromatic heterocycles. The summed E-state index contributed by atoms with van der Waals surface area (Å²) in [7, 11) is 0. The maximum atomic E-state index is 2.48. The minimum Gasteiger partial charge on any atom is -0.0654 e. The second kappa shape index (κ2) is 8.99. The van der Waals surface area contributed by atoms with E-state index < -0.39 is 0 Å². The molecule has 0 radical (unpaired) electrons. The standard InChI is InChI=1S/C18H38/c1-8-10-16(5)17(14-15(3)4)11-13-18(6,7)12-9-2/h15-17H,8-14H2,1-7H3. The van der Waals surface area contributed by atoms with Gasteiger partial charge in [-0.1, -0.05) is 67.7 Å². The summed E-state index contributed by atoms with van der Waals surface area (Å²) in [5.41, 5.74) is 0.552. The smallest absolute Gasteiger partial charge is 0.0354 e. The fourth-order valence-corrected chi connectivity index (χ4v) is 3.31. The number of rotatable bonds is 10. The molecule has 0 aliphatic carbocycles. The first-order valence-electron chi connectivity index (χ1n) is 8.32. The van der Waals surface area contributed by atoms with E-state index in [0.717, 1.165) is 17.8 Å². The van der Waals surface area contributed by atoms with Crippen molar-refractivity contribution in [3.05, 3.63) is 0 Å². The van der Waals surface area contributed by atoms with Gasteiger partial charge in [0.2, 0.25) is 0 Å². The van der Waals surface area contributed by atoms with E-state index in [1.807, 2.05) is 0 Å². The van der Waals surface area contributed by atoms with Gasteiger partial charge in [0.1, 0.15) is 0 Å². The second-order valence-corrected chi connectivity index (χ2v) is 7.61. The Kier molecular flexibility index (Phi) is 8.99. The van der Waals surface area contributed by atoms with E-state index in [9.17, 15) is 0 Å². The zero-order chi connectivity index (χ0) is 14.2. The summed E-state index contributed by atoms with van der Waals surface area (Å²) in [6, 6.07) is 0. The van der Waals surface area contributed by atoms with Crippen molar-refractivity contribution in [2.45, 2.75) is 93.4 Å². The Bertz CT molecular complexity index is 190. The third-order valence-corrected chi connectivity index (χ3v) is 4.44. The van der Waals surface area contributed by atoms with Crippen LogP contribution in [-0.4, -0.2) is 0 Å². The van der Waals surface area contributed by atoms with Crippen molar-refractivity contribution < 1.29 is 0 Å². The van der Waals surface area contributed by atoms with Crippen LogP contribution in [0.4, 0.5) is 0 Å². The third kappa shape index (κ3) is 8.16. The zero-order valence-corrected chi connectivity index (χ0v) is 14.2. The summed E-state index contributed by atoms with van der Waals surface area (Å²) in [6.45, 7) is 16.8. The van der Waals surface area contributed by atoms with E-state index in [-0.39, 0.29) is 0 Å². The lowest BCUT2D eigenvalue weighted by Crippen LogP contribution is -2.19. The van der Waals surface area contributed by atoms with E-state index in [2.05, 4.69) is 48.5 Å². The minimum atomic E-state index is 0.552. The highest BCUT2D eigenvalue weighted by Gasteiger charge is 2.23. The van der Waals surface area contributed by atoms with Gasteiger partial charge in [-0.25, -0.2) is 0 Å². The zero-order valence-electron chi connectivity index (χ0n) is 14.2. The summed E-state index contributed by atoms with van der Waals surface area (Å²) in [5.74, 6) is 2.71. The molecule has 0 bridgehead atoms. The van der Waals surface area contributed by atoms with E-state index in [4.69, 9.17) is 0 Å². The van der Waals surface area contributed by atoms with Crippen molar-refractivity contribution in [2.75, 3.05) is 0 Å². The van der Waals surface area contributed by atoms with Crippen molar-refractivity contribution >= 4 is 0 Å². The van der Waals surface area contributed by atoms with E-state index in [1.165, 1.54) is 44.9 Å². The average molecular weight is 255 g/mol. The van der Waals surface area contributed by atoms with Crippen molar-refractivity contribution in [3.8, 4) is 0 Å². The molecule has 0 amide bonds. The molecule has 0 heterocycles. The van der Waals surface area contributed by atoms with Gasteiger partial charge in [-0.15, -0.1) is 0 Å². The molecule has 0 aliphatic heterocycles. The lowest BCUT2D eigenvalue weighted by molar-refractivity contribution is 0.210. The lowest BCUT2D eigenvalue weighted by atomic mass is 9.75. The third-order valence-electron chi connectivity index (χ3n) is 4.44. The molecule has 0 saturated heterocycles. The van der Waals surface area contributed by atoms with Crippen LogP contribution in [0.5, 0.6) is 0 Å². The SMILES string of the molecule is CCCC(C)C(CCC(C)(C)CCC)CC(C)C. The van der Waals surface area contributed by atoms with Gasteiger partial charge >= 0.3 is 0 Å². The summed E-state index contributed by atoms with van der Waals surface area (Å²) in [6.07, 6.45) is 9.72. The Morgan fingerprint density at radius 3 is 1.89 bits per heavy atom. The maximum absolute atomic E-state index is 2.48. The van der Waals surface area contributed by atoms with Crippen LogP contribution in [0.2, 0.25) is 0 Å². The Morgan fingerprint density at radius 1 is 0.833 bits per heavy atom. The quantitative estimate of drug-likeness (QED) is 0.407. The monoisotopic (exact) mass is 254 g/mol. The van der Waals surface area contributed by atoms with E-state index in [0.29, 0.717) is 5.41 Å². The predicted molar refractivity (Wildman–Crippen MR) is 84.9 cm³/mol. The van der Waals surface area contributed by atoms with Crippen LogP contribution >= 0.6 is 0 Å². The summed E-state index contributed by atoms with van der Waals surface area (Å²) in [4.78, 5) is 0. The molecule has 0 aromatic carbocycles. The molecule has 0 nitrogen and oxygen atoms in total. The number of hydrogen-bond donors (Lipinski definition) is 0. The van der Waals surface area contributed by atoms with Crippen LogP contribution in [-0.2, 0) is 0 Å². The molecule has 110 valence electrons. The normalized spacial score (nSPS) is 16.0. The summed E-state index contributed by atoms with van der Waals surface area (Å²) < 4.78 is 0. The molecule has 18 heavy (non-hydrogen) atoms. The first-order valence-corrected chi connectivity index (χ1v) is 8.32. The lowest BCUT2D eigenvalue weighted by Gasteiger charge is -2.30. The molecule has 2 unspecified atom stereocenters. The van der Waals surface area contributed by atoms with Gasteiger partial charge in [-0.2, -0.15) is 0 Å². The molecular weight excluding hydrogens is 216 g/mol. The van der Waals surface area contributed by atoms with Crippen LogP contribution in [0.1, 0.15) is 93.4 Å². The van der Waals surface area contributed by atoms with Crippen molar-refractivity contribution in [1.82, 2.24) is 0 Å². The van der Waals surface area contributed by atoms with Crippen molar-refractivity contribution in [1.29, 1.82) is 0 Å². The first-order chi connectivity index (χ1) is 8.32. The van der Waals surface area contributed by atoms with Gasteiger partial charge in [-0.05, 0) is 48.9 Å². The van der Waals surface area contributed by atoms with Gasteiger partial charge in [0.05, 0.1) is 0 Å². The Morgan fingerprint density at radius 2 is 1.44 bits per heavy atom. The summed E-state index contributed by atoms with van der Waals surface area (Å²) >= 11 is 0. The largest absolute Gasteiger partial charge is 0.0654 e. The highest BCUT2D eigenvalue weighted by Crippen LogP contribution is 2.35. The van der Waals surface area contributed by atoms with Gasteiger partial charge in [0.25, 0.3) is 0 Å². The van der Waals surface area contributed by atoms with Gasteiger partial charge in [-0.3, -0.25) is 0 Å². The topological polar surface area (TPSA) is 0 Å². The fourth-order valence-electron chi connectivity index (χ4n) is 3.31. The van der Waals surface area contributed by atoms with Gasteiger partial charge in [0.15, 0.2) is 0 Å². The molecule has 0 saturated carbocycles. The average Bonchev–Trinajstić information content (AvgIpc) is 2.24. The van der Waals surface area contributed by atoms with Gasteiger partial charge in [0, 0.05) is 0 Å². The van der Waals surface area contributed by atoms with E-state index in [1.54, 1.807) is 0 Å². The van der Waals surface area contributed by atoms with E-state index >= 15 is 0 Å². The van der Waals surface area contributed by atoms with Crippen LogP contribution in [0.3, 0.4) is 0 Å².